The van der Waals surface area contributed by atoms with Crippen molar-refractivity contribution in [3.63, 3.8) is 0 Å². The van der Waals surface area contributed by atoms with E-state index in [0.29, 0.717) is 22.5 Å². The highest BCUT2D eigenvalue weighted by atomic mass is 19.2. The molecule has 5 nitrogen and oxygen atoms in total. The number of hydrogen-bond donors (Lipinski definition) is 1. The fourth-order valence-electron chi connectivity index (χ4n) is 3.10. The first-order valence-corrected chi connectivity index (χ1v) is 8.56. The van der Waals surface area contributed by atoms with Gasteiger partial charge in [0, 0.05) is 24.0 Å². The van der Waals surface area contributed by atoms with Gasteiger partial charge >= 0.3 is 0 Å². The van der Waals surface area contributed by atoms with Crippen LogP contribution in [0, 0.1) is 11.6 Å². The second-order valence-electron chi connectivity index (χ2n) is 6.63. The second kappa shape index (κ2) is 6.50. The molecule has 1 N–H and O–H groups in total. The predicted octanol–water partition coefficient (Wildman–Crippen LogP) is 4.36. The molecular weight excluding hydrogens is 352 g/mol. The van der Waals surface area contributed by atoms with Gasteiger partial charge in [0.05, 0.1) is 5.52 Å². The van der Waals surface area contributed by atoms with E-state index >= 15 is 0 Å². The summed E-state index contributed by atoms with van der Waals surface area (Å²) in [7, 11) is 0. The molecule has 0 aliphatic heterocycles. The van der Waals surface area contributed by atoms with Gasteiger partial charge in [-0.3, -0.25) is 4.79 Å². The average Bonchev–Trinajstić information content (AvgIpc) is 3.06. The number of aromatic amines is 1. The zero-order chi connectivity index (χ0) is 19.1. The Bertz CT molecular complexity index is 1160. The van der Waals surface area contributed by atoms with E-state index in [4.69, 9.17) is 4.42 Å². The molecule has 2 heterocycles. The lowest BCUT2D eigenvalue weighted by Gasteiger charge is -2.25. The van der Waals surface area contributed by atoms with Crippen molar-refractivity contribution in [1.29, 1.82) is 0 Å². The predicted molar refractivity (Wildman–Crippen MR) is 99.8 cm³/mol. The maximum absolute atomic E-state index is 14.1. The highest BCUT2D eigenvalue weighted by molar-refractivity contribution is 5.83. The molecule has 0 saturated carbocycles. The second-order valence-corrected chi connectivity index (χ2v) is 6.63. The standard InChI is InChI=1S/C20H17F2N3O2/c1-11(2)25(20-23-15-5-3-4-6-16(15)27-20)10-12-9-17(26)24-19-13(12)7-8-14(21)18(19)22/h3-9,11H,10H2,1-2H3,(H,24,26). The molecular formula is C20H17F2N3O2. The molecule has 0 aliphatic carbocycles. The Hall–Kier alpha value is -3.22. The summed E-state index contributed by atoms with van der Waals surface area (Å²) in [6.45, 7) is 4.19. The molecule has 0 radical (unpaired) electrons. The summed E-state index contributed by atoms with van der Waals surface area (Å²) in [5, 5.41) is 0.440. The summed E-state index contributed by atoms with van der Waals surface area (Å²) in [5.74, 6) is -2.07. The topological polar surface area (TPSA) is 62.1 Å². The number of anilines is 1. The van der Waals surface area contributed by atoms with Gasteiger partial charge in [-0.1, -0.05) is 12.1 Å². The first-order valence-electron chi connectivity index (χ1n) is 8.56. The Morgan fingerprint density at radius 3 is 2.70 bits per heavy atom. The van der Waals surface area contributed by atoms with Crippen LogP contribution in [-0.2, 0) is 6.54 Å². The van der Waals surface area contributed by atoms with Crippen LogP contribution in [0.25, 0.3) is 22.0 Å². The lowest BCUT2D eigenvalue weighted by Crippen LogP contribution is -2.31. The molecule has 0 fully saturated rings. The van der Waals surface area contributed by atoms with E-state index in [1.165, 1.54) is 12.1 Å². The fraction of sp³-hybridized carbons (Fsp3) is 0.200. The fourth-order valence-corrected chi connectivity index (χ4v) is 3.10. The number of rotatable bonds is 4. The van der Waals surface area contributed by atoms with Crippen LogP contribution < -0.4 is 10.5 Å². The minimum absolute atomic E-state index is 0.00213. The summed E-state index contributed by atoms with van der Waals surface area (Å²) in [4.78, 5) is 20.7. The highest BCUT2D eigenvalue weighted by Gasteiger charge is 2.20. The van der Waals surface area contributed by atoms with Crippen LogP contribution in [0.2, 0.25) is 0 Å². The van der Waals surface area contributed by atoms with Gasteiger partial charge in [0.2, 0.25) is 5.56 Å². The van der Waals surface area contributed by atoms with Crippen molar-refractivity contribution < 1.29 is 13.2 Å². The van der Waals surface area contributed by atoms with E-state index < -0.39 is 17.2 Å². The number of nitrogens with zero attached hydrogens (tertiary/aromatic N) is 2. The van der Waals surface area contributed by atoms with Crippen molar-refractivity contribution in [2.24, 2.45) is 0 Å². The van der Waals surface area contributed by atoms with Crippen molar-refractivity contribution in [1.82, 2.24) is 9.97 Å². The van der Waals surface area contributed by atoms with Crippen molar-refractivity contribution in [3.8, 4) is 0 Å². The summed E-state index contributed by atoms with van der Waals surface area (Å²) >= 11 is 0. The van der Waals surface area contributed by atoms with Gasteiger partial charge in [-0.25, -0.2) is 8.78 Å². The Balaban J connectivity index is 1.83. The quantitative estimate of drug-likeness (QED) is 0.580. The van der Waals surface area contributed by atoms with Gasteiger partial charge in [0.25, 0.3) is 6.01 Å². The smallest absolute Gasteiger partial charge is 0.298 e. The molecule has 27 heavy (non-hydrogen) atoms. The van der Waals surface area contributed by atoms with Crippen LogP contribution in [0.3, 0.4) is 0 Å². The normalized spacial score (nSPS) is 11.6. The minimum atomic E-state index is -1.07. The van der Waals surface area contributed by atoms with E-state index in [1.54, 1.807) is 0 Å². The van der Waals surface area contributed by atoms with E-state index in [2.05, 4.69) is 9.97 Å². The van der Waals surface area contributed by atoms with Gasteiger partial charge in [0.1, 0.15) is 5.52 Å². The van der Waals surface area contributed by atoms with Crippen LogP contribution in [0.1, 0.15) is 19.4 Å². The third-order valence-electron chi connectivity index (χ3n) is 4.49. The molecule has 4 aromatic rings. The van der Waals surface area contributed by atoms with Crippen LogP contribution in [0.4, 0.5) is 14.8 Å². The summed E-state index contributed by atoms with van der Waals surface area (Å²) in [6.07, 6.45) is 0. The Morgan fingerprint density at radius 1 is 1.19 bits per heavy atom. The number of hydrogen-bond acceptors (Lipinski definition) is 4. The zero-order valence-corrected chi connectivity index (χ0v) is 14.8. The van der Waals surface area contributed by atoms with E-state index in [0.717, 1.165) is 11.6 Å². The largest absolute Gasteiger partial charge is 0.423 e. The molecule has 7 heteroatoms. The van der Waals surface area contributed by atoms with Crippen LogP contribution in [0.5, 0.6) is 0 Å². The molecule has 0 unspecified atom stereocenters. The number of aromatic nitrogens is 2. The van der Waals surface area contributed by atoms with E-state index in [1.807, 2.05) is 43.0 Å². The summed E-state index contributed by atoms with van der Waals surface area (Å²) < 4.78 is 33.5. The first kappa shape index (κ1) is 17.2. The number of pyridine rings is 1. The van der Waals surface area contributed by atoms with Crippen molar-refractivity contribution in [2.75, 3.05) is 4.90 Å². The van der Waals surface area contributed by atoms with Crippen LogP contribution in [-0.4, -0.2) is 16.0 Å². The van der Waals surface area contributed by atoms with Crippen LogP contribution >= 0.6 is 0 Å². The third-order valence-corrected chi connectivity index (χ3v) is 4.49. The molecule has 0 saturated heterocycles. The molecule has 0 spiro atoms. The molecule has 2 aromatic carbocycles. The maximum Gasteiger partial charge on any atom is 0.298 e. The van der Waals surface area contributed by atoms with Gasteiger partial charge in [-0.15, -0.1) is 0 Å². The lowest BCUT2D eigenvalue weighted by molar-refractivity contribution is 0.515. The lowest BCUT2D eigenvalue weighted by atomic mass is 10.1. The molecule has 0 aliphatic rings. The van der Waals surface area contributed by atoms with E-state index in [-0.39, 0.29) is 18.1 Å². The first-order chi connectivity index (χ1) is 12.9. The maximum atomic E-state index is 14.1. The molecule has 0 atom stereocenters. The third kappa shape index (κ3) is 3.05. The number of nitrogens with one attached hydrogen (secondary N) is 1. The van der Waals surface area contributed by atoms with Crippen molar-refractivity contribution >= 4 is 28.0 Å². The number of para-hydroxylation sites is 2. The number of halogens is 2. The van der Waals surface area contributed by atoms with Gasteiger partial charge < -0.3 is 14.3 Å². The molecule has 0 amide bonds. The van der Waals surface area contributed by atoms with Gasteiger partial charge in [0.15, 0.2) is 17.2 Å². The average molecular weight is 369 g/mol. The van der Waals surface area contributed by atoms with Gasteiger partial charge in [-0.2, -0.15) is 4.98 Å². The summed E-state index contributed by atoms with van der Waals surface area (Å²) in [6, 6.07) is 11.7. The number of oxazole rings is 1. The molecule has 138 valence electrons. The molecule has 0 bridgehead atoms. The SMILES string of the molecule is CC(C)N(Cc1cc(=O)[nH]c2c(F)c(F)ccc12)c1nc2ccccc2o1. The van der Waals surface area contributed by atoms with E-state index in [9.17, 15) is 13.6 Å². The number of fused-ring (bicyclic) bond motifs is 2. The van der Waals surface area contributed by atoms with Crippen molar-refractivity contribution in [2.45, 2.75) is 26.4 Å². The van der Waals surface area contributed by atoms with Crippen LogP contribution in [0.15, 0.2) is 51.7 Å². The summed E-state index contributed by atoms with van der Waals surface area (Å²) in [5.41, 5.74) is 1.30. The monoisotopic (exact) mass is 369 g/mol. The highest BCUT2D eigenvalue weighted by Crippen LogP contribution is 2.27. The van der Waals surface area contributed by atoms with Gasteiger partial charge in [-0.05, 0) is 43.7 Å². The molecule has 4 rings (SSSR count). The minimum Gasteiger partial charge on any atom is -0.423 e. The number of benzene rings is 2. The zero-order valence-electron chi connectivity index (χ0n) is 14.8. The Morgan fingerprint density at radius 2 is 1.96 bits per heavy atom. The Labute approximate surface area is 153 Å². The Kier molecular flexibility index (Phi) is 4.14. The molecule has 2 aromatic heterocycles. The number of H-pyrrole nitrogens is 1. The van der Waals surface area contributed by atoms with Crippen molar-refractivity contribution in [3.05, 3.63) is 70.0 Å².